The summed E-state index contributed by atoms with van der Waals surface area (Å²) in [6.45, 7) is 2.32. The molecule has 0 radical (unpaired) electrons. The fraction of sp³-hybridized carbons (Fsp3) is 0.400. The second-order valence-corrected chi connectivity index (χ2v) is 4.39. The Morgan fingerprint density at radius 3 is 3.00 bits per heavy atom. The van der Waals surface area contributed by atoms with Gasteiger partial charge in [-0.2, -0.15) is 0 Å². The molecule has 1 aromatic rings. The molecule has 0 saturated heterocycles. The summed E-state index contributed by atoms with van der Waals surface area (Å²) >= 11 is 0. The predicted molar refractivity (Wildman–Crippen MR) is 76.0 cm³/mol. The van der Waals surface area contributed by atoms with E-state index in [0.717, 1.165) is 17.7 Å². The Kier molecular flexibility index (Phi) is 6.68. The Balaban J connectivity index is 2.36. The number of benzene rings is 1. The SMILES string of the molecule is COc1cccc(/C=C/C(=O)NCCCC(C)O)c1. The first-order chi connectivity index (χ1) is 9.11. The van der Waals surface area contributed by atoms with E-state index in [1.807, 2.05) is 24.3 Å². The van der Waals surface area contributed by atoms with Gasteiger partial charge in [-0.3, -0.25) is 4.79 Å². The second kappa shape index (κ2) is 8.32. The lowest BCUT2D eigenvalue weighted by atomic mass is 10.2. The van der Waals surface area contributed by atoms with Crippen molar-refractivity contribution in [1.29, 1.82) is 0 Å². The third-order valence-electron chi connectivity index (χ3n) is 2.62. The van der Waals surface area contributed by atoms with Crippen LogP contribution >= 0.6 is 0 Å². The van der Waals surface area contributed by atoms with Crippen molar-refractivity contribution in [2.45, 2.75) is 25.9 Å². The molecule has 0 aliphatic heterocycles. The highest BCUT2D eigenvalue weighted by molar-refractivity contribution is 5.91. The Bertz CT molecular complexity index is 427. The van der Waals surface area contributed by atoms with Gasteiger partial charge in [0.1, 0.15) is 5.75 Å². The van der Waals surface area contributed by atoms with Crippen LogP contribution in [0.15, 0.2) is 30.3 Å². The molecular formula is C15H21NO3. The lowest BCUT2D eigenvalue weighted by molar-refractivity contribution is -0.116. The molecule has 104 valence electrons. The van der Waals surface area contributed by atoms with E-state index in [4.69, 9.17) is 9.84 Å². The van der Waals surface area contributed by atoms with E-state index in [1.54, 1.807) is 20.1 Å². The molecule has 1 rings (SSSR count). The number of methoxy groups -OCH3 is 1. The van der Waals surface area contributed by atoms with Crippen molar-refractivity contribution in [3.63, 3.8) is 0 Å². The summed E-state index contributed by atoms with van der Waals surface area (Å²) in [6, 6.07) is 7.49. The normalized spacial score (nSPS) is 12.4. The van der Waals surface area contributed by atoms with Gasteiger partial charge in [0.05, 0.1) is 13.2 Å². The van der Waals surface area contributed by atoms with Crippen molar-refractivity contribution >= 4 is 12.0 Å². The average molecular weight is 263 g/mol. The van der Waals surface area contributed by atoms with Crippen molar-refractivity contribution < 1.29 is 14.6 Å². The van der Waals surface area contributed by atoms with Crippen LogP contribution in [-0.2, 0) is 4.79 Å². The topological polar surface area (TPSA) is 58.6 Å². The number of hydrogen-bond acceptors (Lipinski definition) is 3. The number of ether oxygens (including phenoxy) is 1. The summed E-state index contributed by atoms with van der Waals surface area (Å²) in [5.41, 5.74) is 0.915. The molecule has 4 nitrogen and oxygen atoms in total. The number of aliphatic hydroxyl groups excluding tert-OH is 1. The highest BCUT2D eigenvalue weighted by atomic mass is 16.5. The molecule has 0 bridgehead atoms. The zero-order chi connectivity index (χ0) is 14.1. The van der Waals surface area contributed by atoms with Crippen LogP contribution in [0, 0.1) is 0 Å². The number of carbonyl (C=O) groups excluding carboxylic acids is 1. The van der Waals surface area contributed by atoms with Gasteiger partial charge in [-0.25, -0.2) is 0 Å². The molecule has 1 aromatic carbocycles. The number of amides is 1. The zero-order valence-electron chi connectivity index (χ0n) is 11.4. The first-order valence-corrected chi connectivity index (χ1v) is 6.40. The molecular weight excluding hydrogens is 242 g/mol. The van der Waals surface area contributed by atoms with Gasteiger partial charge in [-0.05, 0) is 43.5 Å². The van der Waals surface area contributed by atoms with Gasteiger partial charge in [0.25, 0.3) is 0 Å². The Hall–Kier alpha value is -1.81. The third-order valence-corrected chi connectivity index (χ3v) is 2.62. The largest absolute Gasteiger partial charge is 0.497 e. The van der Waals surface area contributed by atoms with Crippen LogP contribution in [0.3, 0.4) is 0 Å². The van der Waals surface area contributed by atoms with Crippen LogP contribution in [0.4, 0.5) is 0 Å². The average Bonchev–Trinajstić information content (AvgIpc) is 2.41. The summed E-state index contributed by atoms with van der Waals surface area (Å²) < 4.78 is 5.11. The van der Waals surface area contributed by atoms with E-state index in [0.29, 0.717) is 13.0 Å². The van der Waals surface area contributed by atoms with Gasteiger partial charge in [0.2, 0.25) is 5.91 Å². The van der Waals surface area contributed by atoms with Gasteiger partial charge in [-0.1, -0.05) is 12.1 Å². The van der Waals surface area contributed by atoms with E-state index >= 15 is 0 Å². The van der Waals surface area contributed by atoms with Crippen molar-refractivity contribution in [3.05, 3.63) is 35.9 Å². The quantitative estimate of drug-likeness (QED) is 0.584. The summed E-state index contributed by atoms with van der Waals surface area (Å²) in [5.74, 6) is 0.632. The van der Waals surface area contributed by atoms with E-state index in [2.05, 4.69) is 5.32 Å². The molecule has 1 amide bonds. The fourth-order valence-corrected chi connectivity index (χ4v) is 1.59. The molecule has 19 heavy (non-hydrogen) atoms. The number of carbonyl (C=O) groups is 1. The zero-order valence-corrected chi connectivity index (χ0v) is 11.4. The molecule has 0 fully saturated rings. The summed E-state index contributed by atoms with van der Waals surface area (Å²) in [4.78, 5) is 11.5. The first-order valence-electron chi connectivity index (χ1n) is 6.40. The molecule has 1 unspecified atom stereocenters. The number of hydrogen-bond donors (Lipinski definition) is 2. The van der Waals surface area contributed by atoms with Crippen molar-refractivity contribution in [1.82, 2.24) is 5.32 Å². The van der Waals surface area contributed by atoms with E-state index < -0.39 is 0 Å². The number of rotatable bonds is 7. The minimum absolute atomic E-state index is 0.131. The Morgan fingerprint density at radius 2 is 2.32 bits per heavy atom. The first kappa shape index (κ1) is 15.2. The maximum atomic E-state index is 11.5. The lowest BCUT2D eigenvalue weighted by Gasteiger charge is -2.04. The number of aliphatic hydroxyl groups is 1. The molecule has 0 heterocycles. The molecule has 0 aromatic heterocycles. The third kappa shape index (κ3) is 6.62. The van der Waals surface area contributed by atoms with Crippen LogP contribution in [0.25, 0.3) is 6.08 Å². The van der Waals surface area contributed by atoms with Crippen molar-refractivity contribution in [2.75, 3.05) is 13.7 Å². The van der Waals surface area contributed by atoms with Crippen molar-refractivity contribution in [3.8, 4) is 5.75 Å². The van der Waals surface area contributed by atoms with Crippen LogP contribution in [0.1, 0.15) is 25.3 Å². The van der Waals surface area contributed by atoms with Crippen LogP contribution in [0.5, 0.6) is 5.75 Å². The van der Waals surface area contributed by atoms with Crippen molar-refractivity contribution in [2.24, 2.45) is 0 Å². The minimum Gasteiger partial charge on any atom is -0.497 e. The maximum Gasteiger partial charge on any atom is 0.243 e. The maximum absolute atomic E-state index is 11.5. The van der Waals surface area contributed by atoms with Gasteiger partial charge < -0.3 is 15.2 Å². The molecule has 0 spiro atoms. The highest BCUT2D eigenvalue weighted by Crippen LogP contribution is 2.13. The summed E-state index contributed by atoms with van der Waals surface area (Å²) in [6.07, 6.45) is 4.39. The molecule has 0 aliphatic rings. The fourth-order valence-electron chi connectivity index (χ4n) is 1.59. The van der Waals surface area contributed by atoms with Crippen LogP contribution < -0.4 is 10.1 Å². The smallest absolute Gasteiger partial charge is 0.243 e. The Labute approximate surface area is 114 Å². The molecule has 4 heteroatoms. The molecule has 0 aliphatic carbocycles. The number of nitrogens with one attached hydrogen (secondary N) is 1. The van der Waals surface area contributed by atoms with E-state index in [9.17, 15) is 4.79 Å². The monoisotopic (exact) mass is 263 g/mol. The van der Waals surface area contributed by atoms with E-state index in [-0.39, 0.29) is 12.0 Å². The van der Waals surface area contributed by atoms with Gasteiger partial charge in [-0.15, -0.1) is 0 Å². The summed E-state index contributed by atoms with van der Waals surface area (Å²) in [5, 5.41) is 11.8. The second-order valence-electron chi connectivity index (χ2n) is 4.39. The molecule has 2 N–H and O–H groups in total. The van der Waals surface area contributed by atoms with Gasteiger partial charge >= 0.3 is 0 Å². The minimum atomic E-state index is -0.316. The molecule has 1 atom stereocenters. The molecule has 0 saturated carbocycles. The Morgan fingerprint density at radius 1 is 1.53 bits per heavy atom. The van der Waals surface area contributed by atoms with E-state index in [1.165, 1.54) is 6.08 Å². The highest BCUT2D eigenvalue weighted by Gasteiger charge is 1.98. The van der Waals surface area contributed by atoms with Crippen LogP contribution in [0.2, 0.25) is 0 Å². The summed E-state index contributed by atoms with van der Waals surface area (Å²) in [7, 11) is 1.61. The van der Waals surface area contributed by atoms with Crippen LogP contribution in [-0.4, -0.2) is 30.8 Å². The standard InChI is InChI=1S/C15H21NO3/c1-12(17)5-4-10-16-15(18)9-8-13-6-3-7-14(11-13)19-2/h3,6-9,11-12,17H,4-5,10H2,1-2H3,(H,16,18)/b9-8+. The lowest BCUT2D eigenvalue weighted by Crippen LogP contribution is -2.22. The van der Waals surface area contributed by atoms with Gasteiger partial charge in [0, 0.05) is 12.6 Å². The van der Waals surface area contributed by atoms with Gasteiger partial charge in [0.15, 0.2) is 0 Å². The predicted octanol–water partition coefficient (Wildman–Crippen LogP) is 1.99.